The molecule has 4 aromatic carbocycles. The van der Waals surface area contributed by atoms with Crippen LogP contribution in [0.3, 0.4) is 0 Å². The van der Waals surface area contributed by atoms with E-state index in [1.807, 2.05) is 123 Å². The van der Waals surface area contributed by atoms with Crippen LogP contribution in [0, 0.1) is 0 Å². The minimum absolute atomic E-state index is 0.0953. The molecule has 196 valence electrons. The lowest BCUT2D eigenvalue weighted by atomic mass is 10.0. The van der Waals surface area contributed by atoms with Gasteiger partial charge in [-0.25, -0.2) is 0 Å². The van der Waals surface area contributed by atoms with E-state index < -0.39 is 0 Å². The van der Waals surface area contributed by atoms with Crippen molar-refractivity contribution in [3.05, 3.63) is 114 Å². The van der Waals surface area contributed by atoms with E-state index >= 15 is 0 Å². The molecule has 39 heavy (non-hydrogen) atoms. The molecule has 0 atom stereocenters. The first kappa shape index (κ1) is 25.8. The number of fused-ring (bicyclic) bond motifs is 1. The average molecular weight is 517 g/mol. The number of carbonyl (C=O) groups is 2. The second kappa shape index (κ2) is 10.9. The van der Waals surface area contributed by atoms with Crippen molar-refractivity contribution in [2.45, 2.75) is 6.42 Å². The summed E-state index contributed by atoms with van der Waals surface area (Å²) in [5.41, 5.74) is 8.11. The second-order valence-corrected chi connectivity index (χ2v) is 10.1. The topological polar surface area (TPSA) is 68.4 Å². The average Bonchev–Trinajstić information content (AvgIpc) is 3.37. The van der Waals surface area contributed by atoms with Crippen molar-refractivity contribution in [1.29, 1.82) is 0 Å². The maximum Gasteiger partial charge on any atom is 0.255 e. The number of H-pyrrole nitrogens is 1. The summed E-state index contributed by atoms with van der Waals surface area (Å²) < 4.78 is 0. The van der Waals surface area contributed by atoms with E-state index in [2.05, 4.69) is 22.4 Å². The number of ketones is 1. The number of benzene rings is 4. The fourth-order valence-electron chi connectivity index (χ4n) is 4.53. The zero-order chi connectivity index (χ0) is 27.5. The molecule has 0 aliphatic carbocycles. The Labute approximate surface area is 228 Å². The molecule has 5 aromatic rings. The third-order valence-corrected chi connectivity index (χ3v) is 6.86. The van der Waals surface area contributed by atoms with Crippen molar-refractivity contribution in [3.63, 3.8) is 0 Å². The first-order valence-electron chi connectivity index (χ1n) is 12.9. The number of nitrogens with zero attached hydrogens (tertiary/aromatic N) is 2. The number of carbonyl (C=O) groups excluding carboxylic acids is 2. The Kier molecular flexibility index (Phi) is 7.19. The van der Waals surface area contributed by atoms with Crippen LogP contribution in [-0.4, -0.2) is 44.9 Å². The van der Waals surface area contributed by atoms with Crippen LogP contribution in [0.4, 0.5) is 17.1 Å². The predicted octanol–water partition coefficient (Wildman–Crippen LogP) is 6.64. The molecule has 6 heteroatoms. The van der Waals surface area contributed by atoms with Crippen LogP contribution in [0.5, 0.6) is 0 Å². The predicted molar refractivity (Wildman–Crippen MR) is 161 cm³/mol. The number of amides is 1. The fraction of sp³-hybridized carbons (Fsp3) is 0.152. The van der Waals surface area contributed by atoms with Gasteiger partial charge < -0.3 is 20.1 Å². The third kappa shape index (κ3) is 5.85. The lowest BCUT2D eigenvalue weighted by Crippen LogP contribution is -2.12. The SMILES string of the molecule is CN(C)c1ccc(NC(=O)c2ccc(-c3cc4cc(CC(=O)c5ccc(N(C)C)cc5)ccc4[nH]3)cc2)cc1. The molecular formula is C33H32N4O2. The van der Waals surface area contributed by atoms with Crippen LogP contribution in [0.2, 0.25) is 0 Å². The Hall–Kier alpha value is -4.84. The summed E-state index contributed by atoms with van der Waals surface area (Å²) in [6.45, 7) is 0. The van der Waals surface area contributed by atoms with Crippen LogP contribution in [0.25, 0.3) is 22.2 Å². The number of anilines is 3. The number of nitrogens with one attached hydrogen (secondary N) is 2. The number of hydrogen-bond acceptors (Lipinski definition) is 4. The summed E-state index contributed by atoms with van der Waals surface area (Å²) in [4.78, 5) is 33.1. The minimum atomic E-state index is -0.151. The summed E-state index contributed by atoms with van der Waals surface area (Å²) >= 11 is 0. The number of hydrogen-bond donors (Lipinski definition) is 2. The molecule has 0 saturated carbocycles. The number of aromatic nitrogens is 1. The van der Waals surface area contributed by atoms with Gasteiger partial charge in [0.25, 0.3) is 5.91 Å². The van der Waals surface area contributed by atoms with Crippen molar-refractivity contribution in [1.82, 2.24) is 4.98 Å². The van der Waals surface area contributed by atoms with Crippen LogP contribution >= 0.6 is 0 Å². The van der Waals surface area contributed by atoms with Crippen LogP contribution in [-0.2, 0) is 6.42 Å². The van der Waals surface area contributed by atoms with Crippen molar-refractivity contribution in [2.24, 2.45) is 0 Å². The van der Waals surface area contributed by atoms with Crippen molar-refractivity contribution in [2.75, 3.05) is 43.3 Å². The summed E-state index contributed by atoms with van der Waals surface area (Å²) in [5.74, 6) is -0.0561. The molecule has 1 aromatic heterocycles. The Morgan fingerprint density at radius 3 is 1.90 bits per heavy atom. The number of Topliss-reactive ketones (excluding diaryl/α,β-unsaturated/α-hetero) is 1. The van der Waals surface area contributed by atoms with Gasteiger partial charge in [-0.1, -0.05) is 18.2 Å². The van der Waals surface area contributed by atoms with Gasteiger partial charge >= 0.3 is 0 Å². The maximum atomic E-state index is 12.8. The smallest absolute Gasteiger partial charge is 0.255 e. The first-order chi connectivity index (χ1) is 18.8. The lowest BCUT2D eigenvalue weighted by Gasteiger charge is -2.13. The molecule has 0 bridgehead atoms. The quantitative estimate of drug-likeness (QED) is 0.227. The summed E-state index contributed by atoms with van der Waals surface area (Å²) in [7, 11) is 7.92. The number of rotatable bonds is 8. The van der Waals surface area contributed by atoms with E-state index in [4.69, 9.17) is 0 Å². The zero-order valence-electron chi connectivity index (χ0n) is 22.7. The molecule has 6 nitrogen and oxygen atoms in total. The monoisotopic (exact) mass is 516 g/mol. The van der Waals surface area contributed by atoms with E-state index in [1.54, 1.807) is 0 Å². The first-order valence-corrected chi connectivity index (χ1v) is 12.9. The molecule has 2 N–H and O–H groups in total. The van der Waals surface area contributed by atoms with Crippen LogP contribution < -0.4 is 15.1 Å². The summed E-state index contributed by atoms with van der Waals surface area (Å²) in [6.07, 6.45) is 0.347. The largest absolute Gasteiger partial charge is 0.378 e. The highest BCUT2D eigenvalue weighted by molar-refractivity contribution is 6.04. The van der Waals surface area contributed by atoms with E-state index in [-0.39, 0.29) is 11.7 Å². The van der Waals surface area contributed by atoms with Gasteiger partial charge in [0.05, 0.1) is 0 Å². The van der Waals surface area contributed by atoms with Gasteiger partial charge in [-0.15, -0.1) is 0 Å². The van der Waals surface area contributed by atoms with Crippen LogP contribution in [0.15, 0.2) is 97.1 Å². The highest BCUT2D eigenvalue weighted by atomic mass is 16.1. The molecular weight excluding hydrogens is 484 g/mol. The maximum absolute atomic E-state index is 12.8. The lowest BCUT2D eigenvalue weighted by molar-refractivity contribution is 0.0991. The molecule has 0 fully saturated rings. The highest BCUT2D eigenvalue weighted by Crippen LogP contribution is 2.26. The van der Waals surface area contributed by atoms with E-state index in [0.717, 1.165) is 44.8 Å². The molecule has 5 rings (SSSR count). The Morgan fingerprint density at radius 2 is 1.28 bits per heavy atom. The molecule has 0 saturated heterocycles. The van der Waals surface area contributed by atoms with Crippen molar-refractivity contribution in [3.8, 4) is 11.3 Å². The summed E-state index contributed by atoms with van der Waals surface area (Å²) in [5, 5.41) is 3.99. The Bertz CT molecular complexity index is 1610. The highest BCUT2D eigenvalue weighted by Gasteiger charge is 2.11. The minimum Gasteiger partial charge on any atom is -0.378 e. The molecule has 0 radical (unpaired) electrons. The molecule has 0 aliphatic heterocycles. The molecule has 0 spiro atoms. The second-order valence-electron chi connectivity index (χ2n) is 10.1. The fourth-order valence-corrected chi connectivity index (χ4v) is 4.53. The van der Waals surface area contributed by atoms with Gasteiger partial charge in [0.1, 0.15) is 0 Å². The van der Waals surface area contributed by atoms with Gasteiger partial charge in [0, 0.05) is 79.4 Å². The normalized spacial score (nSPS) is 10.9. The van der Waals surface area contributed by atoms with Crippen LogP contribution in [0.1, 0.15) is 26.3 Å². The van der Waals surface area contributed by atoms with Gasteiger partial charge in [0.2, 0.25) is 0 Å². The van der Waals surface area contributed by atoms with Crippen molar-refractivity contribution >= 4 is 39.7 Å². The Balaban J connectivity index is 1.26. The van der Waals surface area contributed by atoms with Gasteiger partial charge in [-0.05, 0) is 90.0 Å². The Morgan fingerprint density at radius 1 is 0.692 bits per heavy atom. The molecule has 1 heterocycles. The van der Waals surface area contributed by atoms with E-state index in [0.29, 0.717) is 17.5 Å². The van der Waals surface area contributed by atoms with Crippen molar-refractivity contribution < 1.29 is 9.59 Å². The third-order valence-electron chi connectivity index (χ3n) is 6.86. The van der Waals surface area contributed by atoms with Gasteiger partial charge in [-0.3, -0.25) is 9.59 Å². The zero-order valence-corrected chi connectivity index (χ0v) is 22.7. The van der Waals surface area contributed by atoms with Gasteiger partial charge in [0.15, 0.2) is 5.78 Å². The van der Waals surface area contributed by atoms with E-state index in [9.17, 15) is 9.59 Å². The number of aromatic amines is 1. The standard InChI is InChI=1S/C33H32N4O2/c1-36(2)28-14-10-24(11-15-28)32(38)20-22-5-18-30-26(19-22)21-31(35-30)23-6-8-25(9-7-23)33(39)34-27-12-16-29(17-13-27)37(3)4/h5-19,21,35H,20H2,1-4H3,(H,34,39). The van der Waals surface area contributed by atoms with Gasteiger partial charge in [-0.2, -0.15) is 0 Å². The molecule has 0 aliphatic rings. The molecule has 1 amide bonds. The molecule has 0 unspecified atom stereocenters. The summed E-state index contributed by atoms with van der Waals surface area (Å²) in [6, 6.07) is 31.1. The van der Waals surface area contributed by atoms with E-state index in [1.165, 1.54) is 0 Å².